The molecule has 0 bridgehead atoms. The normalized spacial score (nSPS) is 21.0. The smallest absolute Gasteiger partial charge is 0.346 e. The lowest BCUT2D eigenvalue weighted by molar-refractivity contribution is -0.138. The summed E-state index contributed by atoms with van der Waals surface area (Å²) in [5.41, 5.74) is -0.275. The van der Waals surface area contributed by atoms with Crippen molar-refractivity contribution in [2.75, 3.05) is 7.11 Å². The van der Waals surface area contributed by atoms with Gasteiger partial charge in [0.1, 0.15) is 5.76 Å². The van der Waals surface area contributed by atoms with Crippen molar-refractivity contribution in [3.63, 3.8) is 0 Å². The second kappa shape index (κ2) is 5.01. The summed E-state index contributed by atoms with van der Waals surface area (Å²) < 4.78 is 4.43. The van der Waals surface area contributed by atoms with Crippen molar-refractivity contribution in [3.8, 4) is 0 Å². The third-order valence-electron chi connectivity index (χ3n) is 2.44. The molecule has 0 aromatic rings. The van der Waals surface area contributed by atoms with E-state index in [1.165, 1.54) is 7.11 Å². The number of aliphatic hydroxyl groups is 1. The molecule has 2 N–H and O–H groups in total. The van der Waals surface area contributed by atoms with Gasteiger partial charge in [0.05, 0.1) is 7.11 Å². The van der Waals surface area contributed by atoms with Crippen LogP contribution in [-0.2, 0) is 14.3 Å². The van der Waals surface area contributed by atoms with Crippen LogP contribution in [0.1, 0.15) is 26.7 Å². The molecule has 1 unspecified atom stereocenters. The number of ether oxygens (including phenoxy) is 1. The summed E-state index contributed by atoms with van der Waals surface area (Å²) in [6.07, 6.45) is 1.05. The fraction of sp³-hybridized carbons (Fsp3) is 0.636. The van der Waals surface area contributed by atoms with Crippen LogP contribution in [0.2, 0.25) is 0 Å². The third kappa shape index (κ3) is 2.74. The minimum atomic E-state index is -0.794. The van der Waals surface area contributed by atoms with E-state index < -0.39 is 11.9 Å². The highest BCUT2D eigenvalue weighted by Crippen LogP contribution is 2.20. The van der Waals surface area contributed by atoms with E-state index in [0.717, 1.165) is 6.42 Å². The number of amides is 1. The number of aliphatic hydroxyl groups excluding tert-OH is 1. The standard InChI is InChI=1S/C11H17NO4/c1-6(2)4-7-5-8(13)9(10(14)12-7)11(15)16-3/h6-7,13H,4-5H2,1-3H3,(H,12,14). The van der Waals surface area contributed by atoms with Gasteiger partial charge in [-0.1, -0.05) is 13.8 Å². The van der Waals surface area contributed by atoms with E-state index in [9.17, 15) is 14.7 Å². The van der Waals surface area contributed by atoms with E-state index >= 15 is 0 Å². The summed E-state index contributed by atoms with van der Waals surface area (Å²) >= 11 is 0. The van der Waals surface area contributed by atoms with Crippen LogP contribution >= 0.6 is 0 Å². The molecular weight excluding hydrogens is 210 g/mol. The van der Waals surface area contributed by atoms with E-state index in [2.05, 4.69) is 10.1 Å². The van der Waals surface area contributed by atoms with Crippen molar-refractivity contribution in [1.82, 2.24) is 5.32 Å². The molecule has 90 valence electrons. The first-order valence-electron chi connectivity index (χ1n) is 5.27. The number of methoxy groups -OCH3 is 1. The van der Waals surface area contributed by atoms with E-state index in [-0.39, 0.29) is 23.8 Å². The van der Waals surface area contributed by atoms with Crippen molar-refractivity contribution in [2.45, 2.75) is 32.7 Å². The Balaban J connectivity index is 2.82. The molecule has 0 saturated carbocycles. The SMILES string of the molecule is COC(=O)C1=C(O)CC(CC(C)C)NC1=O. The Morgan fingerprint density at radius 2 is 2.25 bits per heavy atom. The van der Waals surface area contributed by atoms with Crippen molar-refractivity contribution >= 4 is 11.9 Å². The zero-order valence-corrected chi connectivity index (χ0v) is 9.74. The predicted octanol–water partition coefficient (Wildman–Crippen LogP) is 0.906. The highest BCUT2D eigenvalue weighted by molar-refractivity contribution is 6.17. The molecule has 5 nitrogen and oxygen atoms in total. The van der Waals surface area contributed by atoms with Gasteiger partial charge in [-0.15, -0.1) is 0 Å². The monoisotopic (exact) mass is 227 g/mol. The average molecular weight is 227 g/mol. The molecule has 0 saturated heterocycles. The Morgan fingerprint density at radius 3 is 2.69 bits per heavy atom. The van der Waals surface area contributed by atoms with E-state index in [4.69, 9.17) is 0 Å². The van der Waals surface area contributed by atoms with Gasteiger partial charge < -0.3 is 15.2 Å². The highest BCUT2D eigenvalue weighted by Gasteiger charge is 2.32. The minimum Gasteiger partial charge on any atom is -0.511 e. The van der Waals surface area contributed by atoms with Crippen molar-refractivity contribution in [1.29, 1.82) is 0 Å². The number of hydrogen-bond acceptors (Lipinski definition) is 4. The molecule has 1 rings (SSSR count). The van der Waals surface area contributed by atoms with Crippen LogP contribution in [0.25, 0.3) is 0 Å². The van der Waals surface area contributed by atoms with Crippen LogP contribution in [0.4, 0.5) is 0 Å². The van der Waals surface area contributed by atoms with E-state index in [1.807, 2.05) is 13.8 Å². The maximum absolute atomic E-state index is 11.6. The summed E-state index contributed by atoms with van der Waals surface area (Å²) in [7, 11) is 1.18. The van der Waals surface area contributed by atoms with E-state index in [0.29, 0.717) is 5.92 Å². The largest absolute Gasteiger partial charge is 0.511 e. The van der Waals surface area contributed by atoms with E-state index in [1.54, 1.807) is 0 Å². The Labute approximate surface area is 94.5 Å². The third-order valence-corrected chi connectivity index (χ3v) is 2.44. The molecule has 5 heteroatoms. The second-order valence-corrected chi connectivity index (χ2v) is 4.32. The van der Waals surface area contributed by atoms with Crippen LogP contribution in [0.5, 0.6) is 0 Å². The number of hydrogen-bond donors (Lipinski definition) is 2. The maximum Gasteiger partial charge on any atom is 0.346 e. The zero-order chi connectivity index (χ0) is 12.3. The van der Waals surface area contributed by atoms with Gasteiger partial charge in [-0.2, -0.15) is 0 Å². The summed E-state index contributed by atoms with van der Waals surface area (Å²) in [4.78, 5) is 22.8. The first-order chi connectivity index (χ1) is 7.45. The Morgan fingerprint density at radius 1 is 1.62 bits per heavy atom. The Hall–Kier alpha value is -1.52. The van der Waals surface area contributed by atoms with Crippen LogP contribution in [-0.4, -0.2) is 30.1 Å². The number of nitrogens with one attached hydrogen (secondary N) is 1. The maximum atomic E-state index is 11.6. The zero-order valence-electron chi connectivity index (χ0n) is 9.74. The molecule has 0 aliphatic carbocycles. The van der Waals surface area contributed by atoms with Crippen molar-refractivity contribution < 1.29 is 19.4 Å². The molecule has 1 amide bonds. The summed E-state index contributed by atoms with van der Waals surface area (Å²) in [6.45, 7) is 4.06. The molecule has 0 aromatic heterocycles. The van der Waals surface area contributed by atoms with Gasteiger partial charge in [0.15, 0.2) is 5.57 Å². The topological polar surface area (TPSA) is 75.6 Å². The molecule has 0 fully saturated rings. The molecule has 1 aliphatic heterocycles. The number of carbonyl (C=O) groups is 2. The van der Waals surface area contributed by atoms with Gasteiger partial charge in [0, 0.05) is 12.5 Å². The van der Waals surface area contributed by atoms with Crippen molar-refractivity contribution in [3.05, 3.63) is 11.3 Å². The summed E-state index contributed by atoms with van der Waals surface area (Å²) in [6, 6.07) is -0.110. The molecule has 16 heavy (non-hydrogen) atoms. The first kappa shape index (κ1) is 12.5. The summed E-state index contributed by atoms with van der Waals surface area (Å²) in [5, 5.41) is 12.3. The van der Waals surface area contributed by atoms with Crippen molar-refractivity contribution in [2.24, 2.45) is 5.92 Å². The molecule has 1 heterocycles. The number of carbonyl (C=O) groups excluding carboxylic acids is 2. The molecule has 0 aromatic carbocycles. The molecule has 1 aliphatic rings. The van der Waals surface area contributed by atoms with Gasteiger partial charge in [-0.25, -0.2) is 4.79 Å². The molecule has 1 atom stereocenters. The minimum absolute atomic E-state index is 0.110. The number of esters is 1. The average Bonchev–Trinajstić information content (AvgIpc) is 2.15. The van der Waals surface area contributed by atoms with Crippen LogP contribution in [0, 0.1) is 5.92 Å². The van der Waals surface area contributed by atoms with Crippen LogP contribution in [0.3, 0.4) is 0 Å². The van der Waals surface area contributed by atoms with Crippen LogP contribution < -0.4 is 5.32 Å². The van der Waals surface area contributed by atoms with Gasteiger partial charge >= 0.3 is 5.97 Å². The van der Waals surface area contributed by atoms with Gasteiger partial charge in [-0.3, -0.25) is 4.79 Å². The Kier molecular flexibility index (Phi) is 3.93. The predicted molar refractivity (Wildman–Crippen MR) is 57.7 cm³/mol. The lowest BCUT2D eigenvalue weighted by Crippen LogP contribution is -2.43. The van der Waals surface area contributed by atoms with Gasteiger partial charge in [0.2, 0.25) is 0 Å². The second-order valence-electron chi connectivity index (χ2n) is 4.32. The fourth-order valence-corrected chi connectivity index (χ4v) is 1.80. The Bertz CT molecular complexity index is 333. The molecule has 0 radical (unpaired) electrons. The lowest BCUT2D eigenvalue weighted by atomic mass is 9.95. The fourth-order valence-electron chi connectivity index (χ4n) is 1.80. The highest BCUT2D eigenvalue weighted by atomic mass is 16.5. The quantitative estimate of drug-likeness (QED) is 0.555. The van der Waals surface area contributed by atoms with Gasteiger partial charge in [0.25, 0.3) is 5.91 Å². The molecule has 0 spiro atoms. The molecular formula is C11H17NO4. The summed E-state index contributed by atoms with van der Waals surface area (Å²) in [5.74, 6) is -1.11. The number of rotatable bonds is 3. The lowest BCUT2D eigenvalue weighted by Gasteiger charge is -2.25. The van der Waals surface area contributed by atoms with Gasteiger partial charge in [-0.05, 0) is 12.3 Å². The first-order valence-corrected chi connectivity index (χ1v) is 5.27. The van der Waals surface area contributed by atoms with Crippen LogP contribution in [0.15, 0.2) is 11.3 Å².